The summed E-state index contributed by atoms with van der Waals surface area (Å²) in [4.78, 5) is 11.1. The third-order valence-electron chi connectivity index (χ3n) is 1.79. The topological polar surface area (TPSA) is 43.1 Å². The maximum atomic E-state index is 10.8. The molecule has 0 aliphatic rings. The Morgan fingerprint density at radius 3 is 2.86 bits per heavy atom. The molecule has 0 aliphatic heterocycles. The highest BCUT2D eigenvalue weighted by molar-refractivity contribution is 14.1. The highest BCUT2D eigenvalue weighted by Crippen LogP contribution is 2.36. The van der Waals surface area contributed by atoms with Gasteiger partial charge < -0.3 is 0 Å². The Bertz CT molecular complexity index is 523. The van der Waals surface area contributed by atoms with Gasteiger partial charge in [-0.05, 0) is 28.7 Å². The molecule has 3 nitrogen and oxygen atoms in total. The maximum absolute atomic E-state index is 10.8. The summed E-state index contributed by atoms with van der Waals surface area (Å²) >= 11 is 7.74. The van der Waals surface area contributed by atoms with Crippen molar-refractivity contribution in [2.24, 2.45) is 0 Å². The molecule has 1 aromatic heterocycles. The Labute approximate surface area is 103 Å². The van der Waals surface area contributed by atoms with E-state index in [9.17, 15) is 10.1 Å². The molecule has 0 atom stereocenters. The number of halogens is 1. The molecule has 0 saturated carbocycles. The highest BCUT2D eigenvalue weighted by atomic mass is 127. The fourth-order valence-corrected chi connectivity index (χ4v) is 3.58. The molecule has 14 heavy (non-hydrogen) atoms. The van der Waals surface area contributed by atoms with E-state index in [1.807, 2.05) is 11.4 Å². The zero-order valence-electron chi connectivity index (χ0n) is 6.73. The first kappa shape index (κ1) is 10.2. The number of nitrogens with zero attached hydrogens (tertiary/aromatic N) is 1. The average molecular weight is 337 g/mol. The minimum Gasteiger partial charge on any atom is -0.258 e. The Balaban J connectivity index is 2.90. The van der Waals surface area contributed by atoms with E-state index in [-0.39, 0.29) is 10.6 Å². The molecule has 0 amide bonds. The van der Waals surface area contributed by atoms with Crippen molar-refractivity contribution in [3.8, 4) is 0 Å². The lowest BCUT2D eigenvalue weighted by Crippen LogP contribution is -1.89. The standard InChI is InChI=1S/C8H4INO2S2/c9-5-3-14-7-2-4(13)1-6(8(5)7)10(11)12/h1-3,13H. The number of fused-ring (bicyclic) bond motifs is 1. The minimum absolute atomic E-state index is 0.137. The van der Waals surface area contributed by atoms with Crippen LogP contribution in [-0.2, 0) is 0 Å². The Kier molecular flexibility index (Phi) is 2.67. The lowest BCUT2D eigenvalue weighted by Gasteiger charge is -1.96. The van der Waals surface area contributed by atoms with Crippen LogP contribution in [0.5, 0.6) is 0 Å². The molecule has 1 aromatic carbocycles. The van der Waals surface area contributed by atoms with Crippen LogP contribution in [0.25, 0.3) is 10.1 Å². The first-order chi connectivity index (χ1) is 6.59. The van der Waals surface area contributed by atoms with Crippen molar-refractivity contribution in [2.75, 3.05) is 0 Å². The van der Waals surface area contributed by atoms with E-state index in [0.29, 0.717) is 4.90 Å². The van der Waals surface area contributed by atoms with Gasteiger partial charge in [-0.2, -0.15) is 0 Å². The van der Waals surface area contributed by atoms with Crippen molar-refractivity contribution >= 4 is 62.3 Å². The summed E-state index contributed by atoms with van der Waals surface area (Å²) in [7, 11) is 0. The summed E-state index contributed by atoms with van der Waals surface area (Å²) in [5.41, 5.74) is 0.137. The van der Waals surface area contributed by atoms with Gasteiger partial charge in [0, 0.05) is 24.6 Å². The molecule has 6 heteroatoms. The molecule has 0 saturated heterocycles. The van der Waals surface area contributed by atoms with E-state index in [4.69, 9.17) is 0 Å². The number of non-ortho nitro benzene ring substituents is 1. The summed E-state index contributed by atoms with van der Waals surface area (Å²) in [5, 5.41) is 13.4. The van der Waals surface area contributed by atoms with Crippen LogP contribution in [-0.4, -0.2) is 4.92 Å². The smallest absolute Gasteiger partial charge is 0.258 e. The van der Waals surface area contributed by atoms with Gasteiger partial charge >= 0.3 is 0 Å². The first-order valence-corrected chi connectivity index (χ1v) is 6.04. The van der Waals surface area contributed by atoms with Gasteiger partial charge in [-0.3, -0.25) is 10.1 Å². The summed E-state index contributed by atoms with van der Waals surface area (Å²) in [6.45, 7) is 0. The van der Waals surface area contributed by atoms with E-state index in [2.05, 4.69) is 35.2 Å². The van der Waals surface area contributed by atoms with E-state index in [1.165, 1.54) is 17.4 Å². The molecule has 0 radical (unpaired) electrons. The molecule has 0 fully saturated rings. The molecule has 0 unspecified atom stereocenters. The lowest BCUT2D eigenvalue weighted by molar-refractivity contribution is -0.383. The van der Waals surface area contributed by atoms with Gasteiger partial charge in [0.2, 0.25) is 0 Å². The van der Waals surface area contributed by atoms with Crippen LogP contribution in [0.2, 0.25) is 0 Å². The summed E-state index contributed by atoms with van der Waals surface area (Å²) in [6.07, 6.45) is 0. The van der Waals surface area contributed by atoms with Crippen molar-refractivity contribution in [1.29, 1.82) is 0 Å². The van der Waals surface area contributed by atoms with E-state index in [1.54, 1.807) is 0 Å². The molecule has 2 rings (SSSR count). The molecular weight excluding hydrogens is 333 g/mol. The molecule has 1 heterocycles. The van der Waals surface area contributed by atoms with Crippen LogP contribution < -0.4 is 0 Å². The van der Waals surface area contributed by atoms with Gasteiger partial charge in [0.15, 0.2) is 0 Å². The number of hydrogen-bond donors (Lipinski definition) is 1. The van der Waals surface area contributed by atoms with Crippen LogP contribution in [0.15, 0.2) is 22.4 Å². The summed E-state index contributed by atoms with van der Waals surface area (Å²) in [5.74, 6) is 0. The van der Waals surface area contributed by atoms with Crippen LogP contribution in [0.4, 0.5) is 5.69 Å². The van der Waals surface area contributed by atoms with Crippen molar-refractivity contribution in [3.63, 3.8) is 0 Å². The number of thiophene rings is 1. The van der Waals surface area contributed by atoms with E-state index >= 15 is 0 Å². The zero-order chi connectivity index (χ0) is 10.3. The SMILES string of the molecule is O=[N+]([O-])c1cc(S)cc2scc(I)c12. The van der Waals surface area contributed by atoms with Crippen LogP contribution in [0, 0.1) is 13.7 Å². The fourth-order valence-electron chi connectivity index (χ4n) is 1.24. The fraction of sp³-hybridized carbons (Fsp3) is 0. The second-order valence-corrected chi connectivity index (χ2v) is 5.27. The van der Waals surface area contributed by atoms with Crippen LogP contribution in [0.3, 0.4) is 0 Å². The zero-order valence-corrected chi connectivity index (χ0v) is 10.6. The maximum Gasteiger partial charge on any atom is 0.280 e. The predicted octanol–water partition coefficient (Wildman–Crippen LogP) is 3.70. The molecule has 2 aromatic rings. The molecular formula is C8H4INO2S2. The normalized spacial score (nSPS) is 10.7. The Morgan fingerprint density at radius 1 is 1.50 bits per heavy atom. The summed E-state index contributed by atoms with van der Waals surface area (Å²) < 4.78 is 1.83. The lowest BCUT2D eigenvalue weighted by atomic mass is 10.2. The first-order valence-electron chi connectivity index (χ1n) is 3.63. The third kappa shape index (κ3) is 1.61. The Morgan fingerprint density at radius 2 is 2.21 bits per heavy atom. The average Bonchev–Trinajstić information content (AvgIpc) is 2.46. The van der Waals surface area contributed by atoms with E-state index < -0.39 is 0 Å². The quantitative estimate of drug-likeness (QED) is 0.373. The number of hydrogen-bond acceptors (Lipinski definition) is 4. The summed E-state index contributed by atoms with van der Waals surface area (Å²) in [6, 6.07) is 3.33. The number of nitro groups is 1. The van der Waals surface area contributed by atoms with Gasteiger partial charge in [-0.1, -0.05) is 0 Å². The monoisotopic (exact) mass is 337 g/mol. The molecule has 0 aliphatic carbocycles. The van der Waals surface area contributed by atoms with Crippen LogP contribution in [0.1, 0.15) is 0 Å². The molecule has 0 bridgehead atoms. The molecule has 72 valence electrons. The number of thiol groups is 1. The molecule has 0 spiro atoms. The van der Waals surface area contributed by atoms with Crippen LogP contribution >= 0.6 is 46.6 Å². The van der Waals surface area contributed by atoms with Gasteiger partial charge in [0.1, 0.15) is 0 Å². The van der Waals surface area contributed by atoms with Gasteiger partial charge in [0.25, 0.3) is 5.69 Å². The predicted molar refractivity (Wildman–Crippen MR) is 68.4 cm³/mol. The highest BCUT2D eigenvalue weighted by Gasteiger charge is 2.16. The van der Waals surface area contributed by atoms with Crippen molar-refractivity contribution < 1.29 is 4.92 Å². The van der Waals surface area contributed by atoms with Crippen molar-refractivity contribution in [2.45, 2.75) is 4.90 Å². The molecule has 0 N–H and O–H groups in total. The Hall–Kier alpha value is -0.340. The second kappa shape index (κ2) is 3.67. The van der Waals surface area contributed by atoms with Gasteiger partial charge in [-0.25, -0.2) is 0 Å². The largest absolute Gasteiger partial charge is 0.280 e. The van der Waals surface area contributed by atoms with E-state index in [0.717, 1.165) is 13.7 Å². The third-order valence-corrected chi connectivity index (χ3v) is 4.25. The van der Waals surface area contributed by atoms with Crippen molar-refractivity contribution in [3.05, 3.63) is 31.2 Å². The second-order valence-electron chi connectivity index (χ2n) is 2.68. The van der Waals surface area contributed by atoms with Gasteiger partial charge in [0.05, 0.1) is 10.3 Å². The van der Waals surface area contributed by atoms with Crippen molar-refractivity contribution in [1.82, 2.24) is 0 Å². The van der Waals surface area contributed by atoms with Gasteiger partial charge in [-0.15, -0.1) is 24.0 Å². The number of benzene rings is 1. The number of nitro benzene ring substituents is 1. The minimum atomic E-state index is -0.364. The number of rotatable bonds is 1.